The topological polar surface area (TPSA) is 83.2 Å². The number of halogens is 1. The first-order valence-electron chi connectivity index (χ1n) is 10.3. The van der Waals surface area contributed by atoms with Crippen molar-refractivity contribution in [3.05, 3.63) is 65.9 Å². The van der Waals surface area contributed by atoms with Gasteiger partial charge in [-0.3, -0.25) is 4.79 Å². The van der Waals surface area contributed by atoms with Gasteiger partial charge in [0.05, 0.1) is 6.04 Å². The number of nitrogens with one attached hydrogen (secondary N) is 3. The van der Waals surface area contributed by atoms with Gasteiger partial charge in [0, 0.05) is 22.5 Å². The van der Waals surface area contributed by atoms with Gasteiger partial charge >= 0.3 is 5.97 Å². The van der Waals surface area contributed by atoms with Crippen LogP contribution in [-0.4, -0.2) is 35.0 Å². The lowest BCUT2D eigenvalue weighted by atomic mass is 9.91. The van der Waals surface area contributed by atoms with Crippen LogP contribution in [0.1, 0.15) is 49.2 Å². The molecule has 3 aromatic rings. The first-order valence-corrected chi connectivity index (χ1v) is 10.3. The van der Waals surface area contributed by atoms with Gasteiger partial charge in [-0.25, -0.2) is 4.79 Å². The number of fused-ring (bicyclic) bond motifs is 1. The molecule has 1 fully saturated rings. The fraction of sp³-hybridized carbons (Fsp3) is 0.333. The molecule has 0 saturated carbocycles. The number of aromatic amines is 1. The molecule has 31 heavy (non-hydrogen) atoms. The Morgan fingerprint density at radius 2 is 1.81 bits per heavy atom. The van der Waals surface area contributed by atoms with Crippen molar-refractivity contribution < 1.29 is 14.3 Å². The minimum atomic E-state index is -0.558. The Balaban J connectivity index is 0.00000272. The van der Waals surface area contributed by atoms with Crippen LogP contribution in [0, 0.1) is 0 Å². The number of hydrogen-bond acceptors (Lipinski definition) is 4. The normalized spacial score (nSPS) is 18.4. The number of benzene rings is 2. The van der Waals surface area contributed by atoms with E-state index in [-0.39, 0.29) is 30.3 Å². The Morgan fingerprint density at radius 3 is 2.52 bits per heavy atom. The second-order valence-corrected chi connectivity index (χ2v) is 8.71. The van der Waals surface area contributed by atoms with Gasteiger partial charge in [0.15, 0.2) is 0 Å². The molecule has 1 aliphatic rings. The van der Waals surface area contributed by atoms with Crippen molar-refractivity contribution in [1.82, 2.24) is 10.3 Å². The highest BCUT2D eigenvalue weighted by Gasteiger charge is 2.33. The van der Waals surface area contributed by atoms with E-state index >= 15 is 0 Å². The number of carbonyl (C=O) groups excluding carboxylic acids is 2. The van der Waals surface area contributed by atoms with Crippen molar-refractivity contribution in [2.75, 3.05) is 11.9 Å². The van der Waals surface area contributed by atoms with Crippen LogP contribution in [0.5, 0.6) is 0 Å². The number of H-pyrrole nitrogens is 1. The average Bonchev–Trinajstić information content (AvgIpc) is 3.34. The molecule has 2 atom stereocenters. The van der Waals surface area contributed by atoms with Crippen molar-refractivity contribution in [1.29, 1.82) is 0 Å². The smallest absolute Gasteiger partial charge is 0.355 e. The zero-order valence-electron chi connectivity index (χ0n) is 17.9. The summed E-state index contributed by atoms with van der Waals surface area (Å²) in [6.45, 7) is 6.32. The van der Waals surface area contributed by atoms with Crippen LogP contribution in [0.15, 0.2) is 54.6 Å². The molecule has 164 valence electrons. The molecule has 2 heterocycles. The summed E-state index contributed by atoms with van der Waals surface area (Å²) in [5.74, 6) is -0.297. The van der Waals surface area contributed by atoms with E-state index in [0.29, 0.717) is 11.4 Å². The molecule has 0 spiro atoms. The quantitative estimate of drug-likeness (QED) is 0.515. The van der Waals surface area contributed by atoms with E-state index in [0.717, 1.165) is 23.9 Å². The van der Waals surface area contributed by atoms with Gasteiger partial charge in [-0.2, -0.15) is 0 Å². The molecule has 1 aromatic heterocycles. The number of esters is 1. The van der Waals surface area contributed by atoms with Crippen LogP contribution in [0.25, 0.3) is 10.9 Å². The summed E-state index contributed by atoms with van der Waals surface area (Å²) in [4.78, 5) is 28.3. The Kier molecular flexibility index (Phi) is 6.72. The maximum absolute atomic E-state index is 12.9. The lowest BCUT2D eigenvalue weighted by Crippen LogP contribution is -2.39. The van der Waals surface area contributed by atoms with Crippen LogP contribution in [0.2, 0.25) is 0 Å². The van der Waals surface area contributed by atoms with Gasteiger partial charge < -0.3 is 20.4 Å². The molecule has 2 aromatic carbocycles. The summed E-state index contributed by atoms with van der Waals surface area (Å²) in [7, 11) is 0. The van der Waals surface area contributed by atoms with E-state index in [1.54, 1.807) is 6.07 Å². The molecule has 1 aliphatic heterocycles. The summed E-state index contributed by atoms with van der Waals surface area (Å²) >= 11 is 0. The number of amides is 1. The number of hydrogen-bond donors (Lipinski definition) is 3. The molecule has 7 heteroatoms. The van der Waals surface area contributed by atoms with E-state index in [9.17, 15) is 9.59 Å². The van der Waals surface area contributed by atoms with E-state index in [2.05, 4.69) is 27.8 Å². The van der Waals surface area contributed by atoms with Gasteiger partial charge in [-0.05, 0) is 63.6 Å². The molecule has 0 unspecified atom stereocenters. The van der Waals surface area contributed by atoms with Gasteiger partial charge in [0.25, 0.3) is 0 Å². The number of carbonyl (C=O) groups is 2. The van der Waals surface area contributed by atoms with Crippen molar-refractivity contribution in [2.45, 2.75) is 44.8 Å². The second kappa shape index (κ2) is 9.12. The van der Waals surface area contributed by atoms with Gasteiger partial charge in [-0.15, -0.1) is 12.4 Å². The number of ether oxygens (including phenoxy) is 1. The SMILES string of the molecule is CC(C)(C)OC(=O)c1cc2cc(NC(=O)[C@@H]3NCC[C@H]3c3ccccc3)ccc2[nH]1.Cl. The summed E-state index contributed by atoms with van der Waals surface area (Å²) in [6, 6.07) is 17.2. The molecule has 4 rings (SSSR count). The predicted octanol–water partition coefficient (Wildman–Crippen LogP) is 4.63. The van der Waals surface area contributed by atoms with E-state index in [1.165, 1.54) is 5.56 Å². The molecule has 3 N–H and O–H groups in total. The summed E-state index contributed by atoms with van der Waals surface area (Å²) in [5.41, 5.74) is 2.52. The largest absolute Gasteiger partial charge is 0.455 e. The van der Waals surface area contributed by atoms with E-state index < -0.39 is 11.6 Å². The maximum Gasteiger partial charge on any atom is 0.355 e. The number of aromatic nitrogens is 1. The molecule has 0 radical (unpaired) electrons. The zero-order valence-corrected chi connectivity index (χ0v) is 18.7. The van der Waals surface area contributed by atoms with Crippen LogP contribution in [0.3, 0.4) is 0 Å². The first kappa shape index (κ1) is 22.8. The standard InChI is InChI=1S/C24H27N3O3.ClH/c1-24(2,3)30-23(29)20-14-16-13-17(9-10-19(16)27-20)26-22(28)21-18(11-12-25-21)15-7-5-4-6-8-15;/h4-10,13-14,18,21,25,27H,11-12H2,1-3H3,(H,26,28);1H/t18-,21+;/m0./s1. The lowest BCUT2D eigenvalue weighted by molar-refractivity contribution is -0.118. The zero-order chi connectivity index (χ0) is 21.3. The van der Waals surface area contributed by atoms with E-state index in [1.807, 2.05) is 57.2 Å². The van der Waals surface area contributed by atoms with Crippen LogP contribution < -0.4 is 10.6 Å². The van der Waals surface area contributed by atoms with Crippen molar-refractivity contribution in [3.8, 4) is 0 Å². The molecule has 1 saturated heterocycles. The average molecular weight is 442 g/mol. The van der Waals surface area contributed by atoms with Gasteiger partial charge in [0.2, 0.25) is 5.91 Å². The minimum absolute atomic E-state index is 0. The molecule has 6 nitrogen and oxygen atoms in total. The Bertz CT molecular complexity index is 1070. The fourth-order valence-electron chi connectivity index (χ4n) is 3.91. The second-order valence-electron chi connectivity index (χ2n) is 8.71. The van der Waals surface area contributed by atoms with Gasteiger partial charge in [0.1, 0.15) is 11.3 Å². The molecule has 1 amide bonds. The summed E-state index contributed by atoms with van der Waals surface area (Å²) in [6.07, 6.45) is 0.929. The first-order chi connectivity index (χ1) is 14.3. The highest BCUT2D eigenvalue weighted by molar-refractivity contribution is 5.99. The molecule has 0 bridgehead atoms. The van der Waals surface area contributed by atoms with E-state index in [4.69, 9.17) is 4.74 Å². The third-order valence-corrected chi connectivity index (χ3v) is 5.24. The highest BCUT2D eigenvalue weighted by atomic mass is 35.5. The number of rotatable bonds is 4. The fourth-order valence-corrected chi connectivity index (χ4v) is 3.91. The Labute approximate surface area is 188 Å². The summed E-state index contributed by atoms with van der Waals surface area (Å²) < 4.78 is 5.42. The minimum Gasteiger partial charge on any atom is -0.455 e. The predicted molar refractivity (Wildman–Crippen MR) is 125 cm³/mol. The lowest BCUT2D eigenvalue weighted by Gasteiger charge is -2.19. The molecular formula is C24H28ClN3O3. The van der Waals surface area contributed by atoms with Crippen molar-refractivity contribution >= 4 is 40.9 Å². The van der Waals surface area contributed by atoms with Gasteiger partial charge in [-0.1, -0.05) is 30.3 Å². The summed E-state index contributed by atoms with van der Waals surface area (Å²) in [5, 5.41) is 7.19. The third-order valence-electron chi connectivity index (χ3n) is 5.24. The third kappa shape index (κ3) is 5.27. The van der Waals surface area contributed by atoms with Crippen molar-refractivity contribution in [2.24, 2.45) is 0 Å². The maximum atomic E-state index is 12.9. The number of anilines is 1. The molecule has 0 aliphatic carbocycles. The van der Waals surface area contributed by atoms with Crippen LogP contribution in [0.4, 0.5) is 5.69 Å². The Morgan fingerprint density at radius 1 is 1.06 bits per heavy atom. The molecular weight excluding hydrogens is 414 g/mol. The Hall–Kier alpha value is -2.83. The van der Waals surface area contributed by atoms with Crippen molar-refractivity contribution in [3.63, 3.8) is 0 Å². The highest BCUT2D eigenvalue weighted by Crippen LogP contribution is 2.29. The van der Waals surface area contributed by atoms with Crippen LogP contribution >= 0.6 is 12.4 Å². The van der Waals surface area contributed by atoms with Crippen LogP contribution in [-0.2, 0) is 9.53 Å². The monoisotopic (exact) mass is 441 g/mol.